The fourth-order valence-electron chi connectivity index (χ4n) is 6.34. The van der Waals surface area contributed by atoms with Crippen LogP contribution < -0.4 is 15.4 Å². The topological polar surface area (TPSA) is 77.6 Å². The third-order valence-electron chi connectivity index (χ3n) is 8.50. The number of anilines is 1. The lowest BCUT2D eigenvalue weighted by atomic mass is 9.96. The number of nitrogens with one attached hydrogen (secondary N) is 3. The molecule has 1 aliphatic carbocycles. The van der Waals surface area contributed by atoms with E-state index in [2.05, 4.69) is 50.8 Å². The second kappa shape index (κ2) is 12.3. The van der Waals surface area contributed by atoms with E-state index in [9.17, 15) is 0 Å². The first-order chi connectivity index (χ1) is 20.3. The summed E-state index contributed by atoms with van der Waals surface area (Å²) in [6.45, 7) is 5.23. The predicted molar refractivity (Wildman–Crippen MR) is 170 cm³/mol. The number of benzene rings is 2. The van der Waals surface area contributed by atoms with Crippen molar-refractivity contribution in [3.05, 3.63) is 84.3 Å². The molecule has 0 amide bonds. The van der Waals surface area contributed by atoms with E-state index < -0.39 is 0 Å². The van der Waals surface area contributed by atoms with Crippen LogP contribution in [0, 0.1) is 0 Å². The lowest BCUT2D eigenvalue weighted by Crippen LogP contribution is -2.46. The summed E-state index contributed by atoms with van der Waals surface area (Å²) in [5.74, 6) is 2.93. The minimum Gasteiger partial charge on any atom is -0.457 e. The highest BCUT2D eigenvalue weighted by Gasteiger charge is 2.32. The van der Waals surface area contributed by atoms with E-state index in [0.29, 0.717) is 6.04 Å². The Kier molecular flexibility index (Phi) is 7.95. The van der Waals surface area contributed by atoms with Crippen molar-refractivity contribution in [2.24, 2.45) is 4.99 Å². The number of fused-ring (bicyclic) bond motifs is 1. The maximum Gasteiger partial charge on any atom is 0.130 e. The summed E-state index contributed by atoms with van der Waals surface area (Å²) in [5.41, 5.74) is 4.46. The zero-order chi connectivity index (χ0) is 27.4. The minimum absolute atomic E-state index is 0.194. The zero-order valence-corrected chi connectivity index (χ0v) is 24.2. The van der Waals surface area contributed by atoms with Crippen LogP contribution in [0.1, 0.15) is 43.0 Å². The summed E-state index contributed by atoms with van der Waals surface area (Å²) in [6, 6.07) is 23.5. The number of rotatable bonds is 9. The number of para-hydroxylation sites is 1. The molecule has 1 saturated heterocycles. The molecular formula is C33H38N6OS. The van der Waals surface area contributed by atoms with Crippen molar-refractivity contribution in [3.8, 4) is 11.5 Å². The molecular weight excluding hydrogens is 528 g/mol. The molecule has 3 aliphatic rings. The average Bonchev–Trinajstić information content (AvgIpc) is 3.79. The number of piperazine rings is 1. The number of thioether (sulfide) groups is 1. The first-order valence-electron chi connectivity index (χ1n) is 15.0. The van der Waals surface area contributed by atoms with Gasteiger partial charge in [-0.2, -0.15) is 0 Å². The fourth-order valence-corrected chi connectivity index (χ4v) is 7.45. The van der Waals surface area contributed by atoms with Crippen molar-refractivity contribution < 1.29 is 4.74 Å². The molecule has 4 aromatic rings. The normalized spacial score (nSPS) is 20.8. The number of aliphatic imine (C=N–C) groups is 1. The highest BCUT2D eigenvalue weighted by Crippen LogP contribution is 2.37. The first-order valence-corrected chi connectivity index (χ1v) is 16.0. The Bertz CT molecular complexity index is 1480. The number of H-pyrrole nitrogens is 1. The SMILES string of the molecule is c1ccc(Oc2cc(NC3CCCC3)c3[nH]c(C4=NC(C(CN5CCNCC5)c5ccccn5)CS4)cc3c2)cc1. The number of pyridine rings is 1. The second-order valence-electron chi connectivity index (χ2n) is 11.4. The second-order valence-corrected chi connectivity index (χ2v) is 12.4. The molecule has 0 spiro atoms. The Hall–Kier alpha value is -3.33. The van der Waals surface area contributed by atoms with E-state index in [1.54, 1.807) is 0 Å². The molecule has 2 atom stereocenters. The molecule has 2 fully saturated rings. The van der Waals surface area contributed by atoms with E-state index in [1.807, 2.05) is 54.4 Å². The standard InChI is InChI=1S/C33H38N6OS/c1-2-10-25(11-3-1)40-26-18-23-19-30(37-32(23)29(20-26)36-24-8-4-5-9-24)33-38-31(22-41-33)27(28-12-6-7-13-35-28)21-39-16-14-34-15-17-39/h1-3,6-7,10-13,18-20,24,27,31,34,36-37H,4-5,8-9,14-17,21-22H2. The van der Waals surface area contributed by atoms with Gasteiger partial charge in [0.2, 0.25) is 0 Å². The van der Waals surface area contributed by atoms with E-state index in [0.717, 1.165) is 83.0 Å². The van der Waals surface area contributed by atoms with Crippen molar-refractivity contribution in [1.82, 2.24) is 20.2 Å². The molecule has 2 aliphatic heterocycles. The molecule has 2 unspecified atom stereocenters. The van der Waals surface area contributed by atoms with Crippen LogP contribution in [0.3, 0.4) is 0 Å². The molecule has 2 aromatic carbocycles. The van der Waals surface area contributed by atoms with Crippen molar-refractivity contribution in [2.75, 3.05) is 43.8 Å². The molecule has 7 rings (SSSR count). The predicted octanol–water partition coefficient (Wildman–Crippen LogP) is 6.26. The summed E-state index contributed by atoms with van der Waals surface area (Å²) < 4.78 is 6.29. The number of hydrogen-bond acceptors (Lipinski definition) is 7. The lowest BCUT2D eigenvalue weighted by Gasteiger charge is -2.32. The molecule has 2 aromatic heterocycles. The molecule has 3 N–H and O–H groups in total. The molecule has 7 nitrogen and oxygen atoms in total. The summed E-state index contributed by atoms with van der Waals surface area (Å²) in [4.78, 5) is 16.4. The maximum absolute atomic E-state index is 6.29. The Labute approximate surface area is 246 Å². The van der Waals surface area contributed by atoms with E-state index in [-0.39, 0.29) is 12.0 Å². The first kappa shape index (κ1) is 26.6. The van der Waals surface area contributed by atoms with Gasteiger partial charge >= 0.3 is 0 Å². The highest BCUT2D eigenvalue weighted by molar-refractivity contribution is 8.14. The number of hydrogen-bond donors (Lipinski definition) is 3. The van der Waals surface area contributed by atoms with Gasteiger partial charge in [0.15, 0.2) is 0 Å². The van der Waals surface area contributed by atoms with Crippen LogP contribution in [0.2, 0.25) is 0 Å². The quantitative estimate of drug-likeness (QED) is 0.222. The summed E-state index contributed by atoms with van der Waals surface area (Å²) in [7, 11) is 0. The smallest absolute Gasteiger partial charge is 0.130 e. The van der Waals surface area contributed by atoms with E-state index in [1.165, 1.54) is 25.7 Å². The van der Waals surface area contributed by atoms with Gasteiger partial charge in [-0.3, -0.25) is 9.98 Å². The Morgan fingerprint density at radius 2 is 1.80 bits per heavy atom. The van der Waals surface area contributed by atoms with Crippen LogP contribution in [-0.4, -0.2) is 70.5 Å². The number of nitrogens with zero attached hydrogens (tertiary/aromatic N) is 3. The molecule has 41 heavy (non-hydrogen) atoms. The third-order valence-corrected chi connectivity index (χ3v) is 9.60. The largest absolute Gasteiger partial charge is 0.457 e. The van der Waals surface area contributed by atoms with Gasteiger partial charge in [0.05, 0.1) is 22.9 Å². The summed E-state index contributed by atoms with van der Waals surface area (Å²) in [6.07, 6.45) is 6.92. The zero-order valence-electron chi connectivity index (χ0n) is 23.4. The number of aromatic nitrogens is 2. The van der Waals surface area contributed by atoms with Gasteiger partial charge in [0.25, 0.3) is 0 Å². The van der Waals surface area contributed by atoms with Gasteiger partial charge in [-0.05, 0) is 49.2 Å². The molecule has 0 bridgehead atoms. The van der Waals surface area contributed by atoms with Gasteiger partial charge in [0.1, 0.15) is 16.5 Å². The van der Waals surface area contributed by atoms with Crippen molar-refractivity contribution in [2.45, 2.75) is 43.7 Å². The maximum atomic E-state index is 6.29. The number of ether oxygens (including phenoxy) is 1. The van der Waals surface area contributed by atoms with Crippen LogP contribution in [0.25, 0.3) is 10.9 Å². The third kappa shape index (κ3) is 6.15. The Morgan fingerprint density at radius 3 is 2.61 bits per heavy atom. The highest BCUT2D eigenvalue weighted by atomic mass is 32.2. The Balaban J connectivity index is 1.19. The lowest BCUT2D eigenvalue weighted by molar-refractivity contribution is 0.219. The Morgan fingerprint density at radius 1 is 0.976 bits per heavy atom. The van der Waals surface area contributed by atoms with Gasteiger partial charge in [-0.15, -0.1) is 11.8 Å². The molecule has 0 radical (unpaired) electrons. The van der Waals surface area contributed by atoms with Crippen molar-refractivity contribution in [3.63, 3.8) is 0 Å². The van der Waals surface area contributed by atoms with Crippen molar-refractivity contribution >= 4 is 33.4 Å². The van der Waals surface area contributed by atoms with E-state index >= 15 is 0 Å². The molecule has 8 heteroatoms. The van der Waals surface area contributed by atoms with Crippen LogP contribution in [0.15, 0.2) is 77.9 Å². The average molecular weight is 567 g/mol. The molecule has 4 heterocycles. The van der Waals surface area contributed by atoms with Gasteiger partial charge in [-0.25, -0.2) is 0 Å². The molecule has 1 saturated carbocycles. The van der Waals surface area contributed by atoms with Crippen LogP contribution in [0.5, 0.6) is 11.5 Å². The van der Waals surface area contributed by atoms with Gasteiger partial charge < -0.3 is 25.3 Å². The minimum atomic E-state index is 0.194. The van der Waals surface area contributed by atoms with Gasteiger partial charge in [-0.1, -0.05) is 37.1 Å². The van der Waals surface area contributed by atoms with Crippen molar-refractivity contribution in [1.29, 1.82) is 0 Å². The van der Waals surface area contributed by atoms with Crippen LogP contribution in [0.4, 0.5) is 5.69 Å². The molecule has 212 valence electrons. The fraction of sp³-hybridized carbons (Fsp3) is 0.394. The van der Waals surface area contributed by atoms with Crippen LogP contribution >= 0.6 is 11.8 Å². The summed E-state index contributed by atoms with van der Waals surface area (Å²) in [5, 5.41) is 9.54. The van der Waals surface area contributed by atoms with Crippen LogP contribution in [-0.2, 0) is 0 Å². The number of aromatic amines is 1. The monoisotopic (exact) mass is 566 g/mol. The summed E-state index contributed by atoms with van der Waals surface area (Å²) >= 11 is 1.86. The van der Waals surface area contributed by atoms with E-state index in [4.69, 9.17) is 14.7 Å². The van der Waals surface area contributed by atoms with Gasteiger partial charge in [0, 0.05) is 73.8 Å².